The predicted octanol–water partition coefficient (Wildman–Crippen LogP) is 4.02. The minimum atomic E-state index is -0.278. The molecule has 146 valence electrons. The molecule has 0 saturated carbocycles. The topological polar surface area (TPSA) is 46.7 Å². The summed E-state index contributed by atoms with van der Waals surface area (Å²) >= 11 is 7.60. The molecule has 4 aromatic rings. The first-order valence-electron chi connectivity index (χ1n) is 9.46. The molecule has 1 aromatic heterocycles. The molecule has 1 atom stereocenters. The van der Waals surface area contributed by atoms with Crippen molar-refractivity contribution in [2.24, 2.45) is 10.1 Å². The molecule has 0 amide bonds. The maximum Gasteiger partial charge on any atom is 0.291 e. The molecule has 0 aliphatic carbocycles. The molecular weight excluding hydrogens is 414 g/mol. The summed E-state index contributed by atoms with van der Waals surface area (Å²) in [6.45, 7) is 0. The molecule has 0 N–H and O–H groups in total. The van der Waals surface area contributed by atoms with E-state index in [1.165, 1.54) is 16.0 Å². The highest BCUT2D eigenvalue weighted by atomic mass is 35.5. The number of rotatable bonds is 3. The molecule has 3 aromatic carbocycles. The van der Waals surface area contributed by atoms with Crippen molar-refractivity contribution < 1.29 is 0 Å². The molecule has 1 aliphatic rings. The summed E-state index contributed by atoms with van der Waals surface area (Å²) in [6, 6.07) is 27.0. The number of halogens is 1. The number of benzene rings is 3. The van der Waals surface area contributed by atoms with E-state index in [9.17, 15) is 4.79 Å². The van der Waals surface area contributed by atoms with Crippen LogP contribution in [0.4, 0.5) is 0 Å². The summed E-state index contributed by atoms with van der Waals surface area (Å²) in [6.07, 6.45) is 1.80. The second-order valence-corrected chi connectivity index (χ2v) is 8.24. The molecule has 0 spiro atoms. The number of fused-ring (bicyclic) bond motifs is 1. The van der Waals surface area contributed by atoms with Crippen LogP contribution < -0.4 is 14.9 Å². The van der Waals surface area contributed by atoms with Gasteiger partial charge in [-0.25, -0.2) is 4.99 Å². The number of nitrogens with zero attached hydrogens (tertiary/aromatic N) is 3. The molecule has 4 nitrogen and oxygen atoms in total. The lowest BCUT2D eigenvalue weighted by atomic mass is 9.97. The van der Waals surface area contributed by atoms with Gasteiger partial charge >= 0.3 is 0 Å². The van der Waals surface area contributed by atoms with E-state index in [4.69, 9.17) is 21.7 Å². The first-order chi connectivity index (χ1) is 14.7. The van der Waals surface area contributed by atoms with Gasteiger partial charge in [-0.1, -0.05) is 102 Å². The van der Waals surface area contributed by atoms with Crippen molar-refractivity contribution in [1.29, 1.82) is 0 Å². The Morgan fingerprint density at radius 3 is 2.30 bits per heavy atom. The number of aromatic nitrogens is 1. The van der Waals surface area contributed by atoms with Gasteiger partial charge in [0.1, 0.15) is 6.04 Å². The van der Waals surface area contributed by atoms with Crippen LogP contribution in [0.15, 0.2) is 99.8 Å². The highest BCUT2D eigenvalue weighted by Gasteiger charge is 2.24. The molecule has 0 radical (unpaired) electrons. The quantitative estimate of drug-likeness (QED) is 0.485. The third kappa shape index (κ3) is 3.43. The minimum Gasteiger partial charge on any atom is -0.266 e. The molecule has 5 rings (SSSR count). The molecular formula is C24H16ClN3OS. The SMILES string of the molecule is O=c1/c(=C\c2ccccc2Cl)sc2n1N=C(c1ccccc1)[C@@H](c1ccccc1)N=2. The summed E-state index contributed by atoms with van der Waals surface area (Å²) in [5.41, 5.74) is 3.32. The van der Waals surface area contributed by atoms with Crippen LogP contribution in [0.2, 0.25) is 5.02 Å². The van der Waals surface area contributed by atoms with Crippen molar-refractivity contribution >= 4 is 34.7 Å². The molecule has 30 heavy (non-hydrogen) atoms. The van der Waals surface area contributed by atoms with Gasteiger partial charge in [0.25, 0.3) is 5.56 Å². The summed E-state index contributed by atoms with van der Waals surface area (Å²) in [4.78, 5) is 18.6. The van der Waals surface area contributed by atoms with Crippen LogP contribution in [-0.4, -0.2) is 10.4 Å². The summed E-state index contributed by atoms with van der Waals surface area (Å²) in [5, 5.41) is 5.34. The van der Waals surface area contributed by atoms with E-state index >= 15 is 0 Å². The molecule has 0 unspecified atom stereocenters. The second kappa shape index (κ2) is 7.86. The van der Waals surface area contributed by atoms with E-state index in [-0.39, 0.29) is 11.6 Å². The fourth-order valence-electron chi connectivity index (χ4n) is 3.40. The number of thiazole rings is 1. The van der Waals surface area contributed by atoms with Crippen molar-refractivity contribution in [3.8, 4) is 0 Å². The molecule has 0 saturated heterocycles. The van der Waals surface area contributed by atoms with Crippen LogP contribution in [0, 0.1) is 0 Å². The van der Waals surface area contributed by atoms with Gasteiger partial charge in [0.2, 0.25) is 4.80 Å². The first kappa shape index (κ1) is 18.7. The summed E-state index contributed by atoms with van der Waals surface area (Å²) < 4.78 is 1.95. The van der Waals surface area contributed by atoms with Gasteiger partial charge in [0, 0.05) is 10.6 Å². The van der Waals surface area contributed by atoms with Crippen LogP contribution in [-0.2, 0) is 0 Å². The standard InChI is InChI=1S/C24H16ClN3OS/c25-19-14-8-7-13-18(19)15-20-23(29)28-24(30-20)26-21(16-9-3-1-4-10-16)22(27-28)17-11-5-2-6-12-17/h1-15,21H/b20-15+/t21-/m1/s1. The zero-order valence-electron chi connectivity index (χ0n) is 15.8. The number of hydrogen-bond acceptors (Lipinski definition) is 4. The molecule has 6 heteroatoms. The Morgan fingerprint density at radius 1 is 0.900 bits per heavy atom. The predicted molar refractivity (Wildman–Crippen MR) is 122 cm³/mol. The van der Waals surface area contributed by atoms with Gasteiger partial charge < -0.3 is 0 Å². The number of hydrogen-bond donors (Lipinski definition) is 0. The van der Waals surface area contributed by atoms with Crippen molar-refractivity contribution in [2.45, 2.75) is 6.04 Å². The zero-order valence-corrected chi connectivity index (χ0v) is 17.3. The van der Waals surface area contributed by atoms with Gasteiger partial charge in [-0.3, -0.25) is 4.79 Å². The third-order valence-corrected chi connectivity index (χ3v) is 6.19. The Balaban J connectivity index is 1.73. The Hall–Kier alpha value is -3.28. The highest BCUT2D eigenvalue weighted by molar-refractivity contribution is 7.07. The van der Waals surface area contributed by atoms with Crippen molar-refractivity contribution in [1.82, 2.24) is 4.68 Å². The largest absolute Gasteiger partial charge is 0.291 e. The zero-order chi connectivity index (χ0) is 20.5. The van der Waals surface area contributed by atoms with E-state index < -0.39 is 0 Å². The molecule has 0 fully saturated rings. The Morgan fingerprint density at radius 2 is 1.57 bits per heavy atom. The lowest BCUT2D eigenvalue weighted by Gasteiger charge is -2.19. The monoisotopic (exact) mass is 429 g/mol. The van der Waals surface area contributed by atoms with Crippen molar-refractivity contribution in [2.75, 3.05) is 0 Å². The summed E-state index contributed by atoms with van der Waals surface area (Å²) in [7, 11) is 0. The van der Waals surface area contributed by atoms with Crippen LogP contribution in [0.3, 0.4) is 0 Å². The molecule has 1 aliphatic heterocycles. The van der Waals surface area contributed by atoms with Crippen molar-refractivity contribution in [3.05, 3.63) is 126 Å². The van der Waals surface area contributed by atoms with Crippen LogP contribution in [0.5, 0.6) is 0 Å². The lowest BCUT2D eigenvalue weighted by Crippen LogP contribution is -2.34. The van der Waals surface area contributed by atoms with E-state index in [0.29, 0.717) is 14.4 Å². The van der Waals surface area contributed by atoms with Gasteiger partial charge in [0.15, 0.2) is 0 Å². The normalized spacial score (nSPS) is 16.0. The Labute approximate surface area is 181 Å². The van der Waals surface area contributed by atoms with Crippen LogP contribution in [0.1, 0.15) is 22.7 Å². The van der Waals surface area contributed by atoms with Crippen molar-refractivity contribution in [3.63, 3.8) is 0 Å². The Kier molecular flexibility index (Phi) is 4.91. The lowest BCUT2D eigenvalue weighted by molar-refractivity contribution is 0.723. The fourth-order valence-corrected chi connectivity index (χ4v) is 4.51. The van der Waals surface area contributed by atoms with Crippen LogP contribution in [0.25, 0.3) is 6.08 Å². The maximum absolute atomic E-state index is 13.1. The van der Waals surface area contributed by atoms with Gasteiger partial charge in [-0.15, -0.1) is 0 Å². The highest BCUT2D eigenvalue weighted by Crippen LogP contribution is 2.24. The average molecular weight is 430 g/mol. The molecule has 2 heterocycles. The third-order valence-electron chi connectivity index (χ3n) is 4.87. The van der Waals surface area contributed by atoms with Gasteiger partial charge in [-0.05, 0) is 23.3 Å². The fraction of sp³-hybridized carbons (Fsp3) is 0.0417. The molecule has 0 bridgehead atoms. The first-order valence-corrected chi connectivity index (χ1v) is 10.7. The maximum atomic E-state index is 13.1. The van der Waals surface area contributed by atoms with Crippen LogP contribution >= 0.6 is 22.9 Å². The summed E-state index contributed by atoms with van der Waals surface area (Å²) in [5.74, 6) is 0. The van der Waals surface area contributed by atoms with E-state index in [2.05, 4.69) is 0 Å². The van der Waals surface area contributed by atoms with E-state index in [0.717, 1.165) is 22.4 Å². The van der Waals surface area contributed by atoms with Gasteiger partial charge in [-0.2, -0.15) is 9.78 Å². The van der Waals surface area contributed by atoms with E-state index in [1.54, 1.807) is 12.1 Å². The smallest absolute Gasteiger partial charge is 0.266 e. The Bertz CT molecular complexity index is 1420. The van der Waals surface area contributed by atoms with E-state index in [1.807, 2.05) is 78.9 Å². The minimum absolute atomic E-state index is 0.196. The second-order valence-electron chi connectivity index (χ2n) is 6.83. The van der Waals surface area contributed by atoms with Gasteiger partial charge in [0.05, 0.1) is 10.2 Å². The average Bonchev–Trinajstić information content (AvgIpc) is 3.10.